The highest BCUT2D eigenvalue weighted by Crippen LogP contribution is 2.37. The van der Waals surface area contributed by atoms with Crippen LogP contribution in [-0.2, 0) is 4.79 Å². The first-order valence-electron chi connectivity index (χ1n) is 10.5. The zero-order valence-corrected chi connectivity index (χ0v) is 18.2. The number of benzene rings is 1. The summed E-state index contributed by atoms with van der Waals surface area (Å²) in [5, 5.41) is 11.8. The number of halogens is 2. The van der Waals surface area contributed by atoms with Gasteiger partial charge in [0.05, 0.1) is 5.92 Å². The number of pyridine rings is 1. The monoisotopic (exact) mass is 447 g/mol. The molecule has 0 radical (unpaired) electrons. The normalized spacial score (nSPS) is 17.7. The molecule has 3 rings (SSSR count). The van der Waals surface area contributed by atoms with Crippen molar-refractivity contribution in [2.75, 3.05) is 16.8 Å². The molecular formula is C23H27F2N3O4. The van der Waals surface area contributed by atoms with Crippen LogP contribution in [0.15, 0.2) is 36.4 Å². The van der Waals surface area contributed by atoms with Crippen molar-refractivity contribution >= 4 is 23.4 Å². The largest absolute Gasteiger partial charge is 0.481 e. The number of urea groups is 1. The van der Waals surface area contributed by atoms with Gasteiger partial charge >= 0.3 is 18.6 Å². The summed E-state index contributed by atoms with van der Waals surface area (Å²) in [6.07, 6.45) is 0.962. The van der Waals surface area contributed by atoms with E-state index in [0.29, 0.717) is 30.8 Å². The summed E-state index contributed by atoms with van der Waals surface area (Å²) in [7, 11) is 0. The zero-order chi connectivity index (χ0) is 23.4. The van der Waals surface area contributed by atoms with Crippen molar-refractivity contribution < 1.29 is 28.2 Å². The van der Waals surface area contributed by atoms with Crippen molar-refractivity contribution in [3.63, 3.8) is 0 Å². The van der Waals surface area contributed by atoms with Crippen molar-refractivity contribution in [1.82, 2.24) is 4.98 Å². The summed E-state index contributed by atoms with van der Waals surface area (Å²) in [4.78, 5) is 30.0. The number of aryl methyl sites for hydroxylation is 1. The third kappa shape index (κ3) is 5.52. The van der Waals surface area contributed by atoms with Gasteiger partial charge in [0.1, 0.15) is 5.69 Å². The number of nitrogens with one attached hydrogen (secondary N) is 1. The number of alkyl halides is 2. The fourth-order valence-electron chi connectivity index (χ4n) is 3.84. The van der Waals surface area contributed by atoms with Crippen LogP contribution in [0, 0.1) is 18.8 Å². The molecule has 32 heavy (non-hydrogen) atoms. The molecule has 1 aromatic heterocycles. The molecule has 2 N–H and O–H groups in total. The van der Waals surface area contributed by atoms with Crippen molar-refractivity contribution in [2.45, 2.75) is 46.1 Å². The lowest BCUT2D eigenvalue weighted by Crippen LogP contribution is -2.44. The van der Waals surface area contributed by atoms with Gasteiger partial charge in [-0.3, -0.25) is 9.69 Å². The molecule has 1 aliphatic rings. The SMILES string of the molecule is Cc1ccc(NC(=O)N(CC2CC(C(=O)O)C2)c2ccccc2C(C)C)c(OC(F)F)n1. The molecule has 0 aliphatic heterocycles. The molecule has 9 heteroatoms. The second-order valence-electron chi connectivity index (χ2n) is 8.31. The van der Waals surface area contributed by atoms with E-state index in [4.69, 9.17) is 0 Å². The van der Waals surface area contributed by atoms with Gasteiger partial charge in [-0.1, -0.05) is 32.0 Å². The van der Waals surface area contributed by atoms with Crippen LogP contribution in [0.5, 0.6) is 5.88 Å². The lowest BCUT2D eigenvalue weighted by atomic mass is 9.74. The summed E-state index contributed by atoms with van der Waals surface area (Å²) in [5.74, 6) is -1.44. The van der Waals surface area contributed by atoms with Crippen molar-refractivity contribution in [3.05, 3.63) is 47.7 Å². The number of carboxylic acid groups (broad SMARTS) is 1. The molecule has 172 valence electrons. The Balaban J connectivity index is 1.89. The molecule has 1 saturated carbocycles. The van der Waals surface area contributed by atoms with Gasteiger partial charge in [-0.2, -0.15) is 8.78 Å². The van der Waals surface area contributed by atoms with Crippen LogP contribution < -0.4 is 15.0 Å². The number of anilines is 2. The predicted molar refractivity (Wildman–Crippen MR) is 116 cm³/mol. The Morgan fingerprint density at radius 3 is 2.53 bits per heavy atom. The van der Waals surface area contributed by atoms with Crippen molar-refractivity contribution in [1.29, 1.82) is 0 Å². The minimum absolute atomic E-state index is 0.0231. The highest BCUT2D eigenvalue weighted by molar-refractivity contribution is 6.03. The molecule has 0 saturated heterocycles. The summed E-state index contributed by atoms with van der Waals surface area (Å²) >= 11 is 0. The Morgan fingerprint density at radius 1 is 1.22 bits per heavy atom. The van der Waals surface area contributed by atoms with E-state index in [9.17, 15) is 23.5 Å². The number of para-hydroxylation sites is 1. The maximum Gasteiger partial charge on any atom is 0.388 e. The maximum atomic E-state index is 13.3. The summed E-state index contributed by atoms with van der Waals surface area (Å²) in [5.41, 5.74) is 2.14. The standard InChI is InChI=1S/C23H27F2N3O4/c1-13(2)17-6-4-5-7-19(17)28(12-15-10-16(11-15)21(29)30)23(31)27-18-9-8-14(3)26-20(18)32-22(24)25/h4-9,13,15-16,22H,10-12H2,1-3H3,(H,27,31)(H,29,30). The second kappa shape index (κ2) is 9.93. The molecule has 1 heterocycles. The van der Waals surface area contributed by atoms with E-state index in [-0.39, 0.29) is 23.4 Å². The molecule has 1 aromatic carbocycles. The number of rotatable bonds is 8. The van der Waals surface area contributed by atoms with Gasteiger partial charge in [0, 0.05) is 17.9 Å². The Labute approximate surface area is 185 Å². The van der Waals surface area contributed by atoms with Gasteiger partial charge in [-0.05, 0) is 55.4 Å². The molecule has 7 nitrogen and oxygen atoms in total. The number of hydrogen-bond donors (Lipinski definition) is 2. The van der Waals surface area contributed by atoms with Gasteiger partial charge < -0.3 is 15.2 Å². The second-order valence-corrected chi connectivity index (χ2v) is 8.31. The Kier molecular flexibility index (Phi) is 7.27. The van der Waals surface area contributed by atoms with E-state index < -0.39 is 24.5 Å². The molecular weight excluding hydrogens is 420 g/mol. The Bertz CT molecular complexity index is 977. The molecule has 1 aliphatic carbocycles. The fourth-order valence-corrected chi connectivity index (χ4v) is 3.84. The average Bonchev–Trinajstić information content (AvgIpc) is 2.68. The summed E-state index contributed by atoms with van der Waals surface area (Å²) < 4.78 is 30.1. The van der Waals surface area contributed by atoms with Crippen molar-refractivity contribution in [2.24, 2.45) is 11.8 Å². The minimum Gasteiger partial charge on any atom is -0.481 e. The number of carboxylic acids is 1. The predicted octanol–water partition coefficient (Wildman–Crippen LogP) is 5.26. The lowest BCUT2D eigenvalue weighted by molar-refractivity contribution is -0.146. The highest BCUT2D eigenvalue weighted by atomic mass is 19.3. The van der Waals surface area contributed by atoms with Crippen LogP contribution in [0.25, 0.3) is 0 Å². The summed E-state index contributed by atoms with van der Waals surface area (Å²) in [6.45, 7) is 2.88. The third-order valence-corrected chi connectivity index (χ3v) is 5.56. The first-order valence-corrected chi connectivity index (χ1v) is 10.5. The molecule has 1 fully saturated rings. The van der Waals surface area contributed by atoms with E-state index in [1.54, 1.807) is 17.9 Å². The third-order valence-electron chi connectivity index (χ3n) is 5.56. The Morgan fingerprint density at radius 2 is 1.91 bits per heavy atom. The summed E-state index contributed by atoms with van der Waals surface area (Å²) in [6, 6.07) is 9.99. The number of carbonyl (C=O) groups excluding carboxylic acids is 1. The quantitative estimate of drug-likeness (QED) is 0.576. The molecule has 0 spiro atoms. The smallest absolute Gasteiger partial charge is 0.388 e. The number of nitrogens with zero attached hydrogens (tertiary/aromatic N) is 2. The van der Waals surface area contributed by atoms with Gasteiger partial charge in [0.2, 0.25) is 5.88 Å². The van der Waals surface area contributed by atoms with Crippen LogP contribution in [-0.4, -0.2) is 35.2 Å². The molecule has 0 unspecified atom stereocenters. The number of ether oxygens (including phenoxy) is 1. The maximum absolute atomic E-state index is 13.3. The van der Waals surface area contributed by atoms with Crippen LogP contribution in [0.1, 0.15) is 43.9 Å². The van der Waals surface area contributed by atoms with Gasteiger partial charge in [-0.25, -0.2) is 9.78 Å². The van der Waals surface area contributed by atoms with E-state index in [2.05, 4.69) is 15.0 Å². The van der Waals surface area contributed by atoms with Gasteiger partial charge in [0.15, 0.2) is 0 Å². The lowest BCUT2D eigenvalue weighted by Gasteiger charge is -2.37. The first kappa shape index (κ1) is 23.4. The Hall–Kier alpha value is -3.23. The van der Waals surface area contributed by atoms with Crippen LogP contribution >= 0.6 is 0 Å². The van der Waals surface area contributed by atoms with E-state index in [1.165, 1.54) is 6.07 Å². The van der Waals surface area contributed by atoms with E-state index in [1.807, 2.05) is 38.1 Å². The molecule has 0 bridgehead atoms. The van der Waals surface area contributed by atoms with Crippen LogP contribution in [0.2, 0.25) is 0 Å². The number of aliphatic carboxylic acids is 1. The van der Waals surface area contributed by atoms with Gasteiger partial charge in [-0.15, -0.1) is 0 Å². The number of aromatic nitrogens is 1. The first-order chi connectivity index (χ1) is 15.2. The number of hydrogen-bond acceptors (Lipinski definition) is 4. The van der Waals surface area contributed by atoms with Gasteiger partial charge in [0.25, 0.3) is 0 Å². The highest BCUT2D eigenvalue weighted by Gasteiger charge is 2.37. The zero-order valence-electron chi connectivity index (χ0n) is 18.2. The molecule has 0 atom stereocenters. The van der Waals surface area contributed by atoms with Crippen molar-refractivity contribution in [3.8, 4) is 5.88 Å². The average molecular weight is 447 g/mol. The molecule has 2 amide bonds. The topological polar surface area (TPSA) is 91.8 Å². The number of carbonyl (C=O) groups is 2. The number of amides is 2. The fraction of sp³-hybridized carbons (Fsp3) is 0.435. The van der Waals surface area contributed by atoms with E-state index >= 15 is 0 Å². The van der Waals surface area contributed by atoms with Crippen LogP contribution in [0.3, 0.4) is 0 Å². The van der Waals surface area contributed by atoms with Crippen LogP contribution in [0.4, 0.5) is 25.0 Å². The minimum atomic E-state index is -3.08. The van der Waals surface area contributed by atoms with E-state index in [0.717, 1.165) is 5.56 Å². The molecule has 2 aromatic rings.